The van der Waals surface area contributed by atoms with Crippen LogP contribution in [0.4, 0.5) is 11.4 Å². The Morgan fingerprint density at radius 3 is 2.62 bits per heavy atom. The molecule has 142 valence electrons. The number of para-hydroxylation sites is 2. The molecule has 1 amide bonds. The summed E-state index contributed by atoms with van der Waals surface area (Å²) in [5.74, 6) is -0.973. The number of nitro groups is 1. The number of esters is 1. The van der Waals surface area contributed by atoms with E-state index in [9.17, 15) is 19.7 Å². The molecule has 0 bridgehead atoms. The molecule has 2 rings (SSSR count). The smallest absolute Gasteiger partial charge is 0.309 e. The van der Waals surface area contributed by atoms with Gasteiger partial charge < -0.3 is 15.0 Å². The van der Waals surface area contributed by atoms with Gasteiger partial charge in [0.1, 0.15) is 5.69 Å². The van der Waals surface area contributed by atoms with E-state index in [2.05, 4.69) is 5.32 Å². The number of benzene rings is 1. The Morgan fingerprint density at radius 2 is 2.00 bits per heavy atom. The van der Waals surface area contributed by atoms with E-state index in [0.717, 1.165) is 6.42 Å². The number of carbonyl (C=O) groups is 2. The third kappa shape index (κ3) is 4.93. The van der Waals surface area contributed by atoms with Gasteiger partial charge in [-0.2, -0.15) is 0 Å². The number of anilines is 1. The predicted octanol–water partition coefficient (Wildman–Crippen LogP) is 2.27. The molecule has 1 aromatic rings. The van der Waals surface area contributed by atoms with E-state index in [1.54, 1.807) is 25.1 Å². The second kappa shape index (κ2) is 9.17. The first-order chi connectivity index (χ1) is 12.4. The lowest BCUT2D eigenvalue weighted by Crippen LogP contribution is -2.40. The molecule has 0 unspecified atom stereocenters. The van der Waals surface area contributed by atoms with E-state index in [0.29, 0.717) is 38.2 Å². The van der Waals surface area contributed by atoms with Crippen molar-refractivity contribution in [2.75, 3.05) is 24.5 Å². The summed E-state index contributed by atoms with van der Waals surface area (Å²) in [7, 11) is 0. The number of nitro benzene ring substituents is 1. The average Bonchev–Trinajstić information content (AvgIpc) is 2.66. The van der Waals surface area contributed by atoms with Crippen LogP contribution in [0, 0.1) is 16.0 Å². The minimum Gasteiger partial charge on any atom is -0.452 e. The molecular weight excluding hydrogens is 338 g/mol. The molecule has 1 saturated heterocycles. The SMILES string of the molecule is CCCNC(=O)[C@@H](C)OC(=O)C1CCN(c2ccccc2[N+](=O)[O-])CC1. The van der Waals surface area contributed by atoms with E-state index < -0.39 is 11.0 Å². The van der Waals surface area contributed by atoms with Crippen LogP contribution in [0.15, 0.2) is 24.3 Å². The summed E-state index contributed by atoms with van der Waals surface area (Å²) in [5.41, 5.74) is 0.631. The van der Waals surface area contributed by atoms with Gasteiger partial charge in [-0.3, -0.25) is 19.7 Å². The van der Waals surface area contributed by atoms with Crippen molar-refractivity contribution in [3.05, 3.63) is 34.4 Å². The van der Waals surface area contributed by atoms with Crippen molar-refractivity contribution in [1.82, 2.24) is 5.32 Å². The quantitative estimate of drug-likeness (QED) is 0.453. The molecule has 0 aliphatic carbocycles. The number of ether oxygens (including phenoxy) is 1. The number of amides is 1. The summed E-state index contributed by atoms with van der Waals surface area (Å²) in [6, 6.07) is 6.60. The highest BCUT2D eigenvalue weighted by atomic mass is 16.6. The van der Waals surface area contributed by atoms with E-state index in [1.807, 2.05) is 11.8 Å². The fourth-order valence-corrected chi connectivity index (χ4v) is 2.96. The van der Waals surface area contributed by atoms with Gasteiger partial charge in [0.15, 0.2) is 6.10 Å². The summed E-state index contributed by atoms with van der Waals surface area (Å²) >= 11 is 0. The molecule has 1 aromatic carbocycles. The van der Waals surface area contributed by atoms with Crippen LogP contribution < -0.4 is 10.2 Å². The Morgan fingerprint density at radius 1 is 1.35 bits per heavy atom. The van der Waals surface area contributed by atoms with Gasteiger partial charge in [0.05, 0.1) is 10.8 Å². The maximum atomic E-state index is 12.3. The van der Waals surface area contributed by atoms with Gasteiger partial charge in [-0.15, -0.1) is 0 Å². The first-order valence-electron chi connectivity index (χ1n) is 8.90. The second-order valence-corrected chi connectivity index (χ2v) is 6.38. The first kappa shape index (κ1) is 19.7. The van der Waals surface area contributed by atoms with Crippen LogP contribution >= 0.6 is 0 Å². The van der Waals surface area contributed by atoms with Crippen molar-refractivity contribution >= 4 is 23.3 Å². The fraction of sp³-hybridized carbons (Fsp3) is 0.556. The standard InChI is InChI=1S/C18H25N3O5/c1-3-10-19-17(22)13(2)26-18(23)14-8-11-20(12-9-14)15-6-4-5-7-16(15)21(24)25/h4-7,13-14H,3,8-12H2,1-2H3,(H,19,22)/t13-/m1/s1. The largest absolute Gasteiger partial charge is 0.452 e. The van der Waals surface area contributed by atoms with Crippen LogP contribution in [0.5, 0.6) is 0 Å². The van der Waals surface area contributed by atoms with Gasteiger partial charge in [0.25, 0.3) is 11.6 Å². The van der Waals surface area contributed by atoms with E-state index >= 15 is 0 Å². The molecule has 26 heavy (non-hydrogen) atoms. The van der Waals surface area contributed by atoms with Gasteiger partial charge >= 0.3 is 5.97 Å². The summed E-state index contributed by atoms with van der Waals surface area (Å²) in [4.78, 5) is 36.8. The highest BCUT2D eigenvalue weighted by Crippen LogP contribution is 2.31. The lowest BCUT2D eigenvalue weighted by Gasteiger charge is -2.32. The topological polar surface area (TPSA) is 102 Å². The molecule has 1 fully saturated rings. The molecule has 1 atom stereocenters. The maximum absolute atomic E-state index is 12.3. The van der Waals surface area contributed by atoms with E-state index in [4.69, 9.17) is 4.74 Å². The zero-order valence-electron chi connectivity index (χ0n) is 15.1. The molecule has 8 heteroatoms. The molecule has 1 N–H and O–H groups in total. The van der Waals surface area contributed by atoms with Crippen molar-refractivity contribution in [3.63, 3.8) is 0 Å². The Balaban J connectivity index is 1.89. The molecule has 1 aliphatic heterocycles. The zero-order valence-corrected chi connectivity index (χ0v) is 15.1. The highest BCUT2D eigenvalue weighted by Gasteiger charge is 2.30. The molecule has 0 saturated carbocycles. The predicted molar refractivity (Wildman–Crippen MR) is 96.9 cm³/mol. The average molecular weight is 363 g/mol. The van der Waals surface area contributed by atoms with Crippen LogP contribution in [-0.4, -0.2) is 42.5 Å². The number of rotatable bonds is 7. The Labute approximate surface area is 152 Å². The number of nitrogens with one attached hydrogen (secondary N) is 1. The number of carbonyl (C=O) groups excluding carboxylic acids is 2. The maximum Gasteiger partial charge on any atom is 0.309 e. The lowest BCUT2D eigenvalue weighted by molar-refractivity contribution is -0.384. The molecule has 0 radical (unpaired) electrons. The van der Waals surface area contributed by atoms with Crippen molar-refractivity contribution in [2.24, 2.45) is 5.92 Å². The number of piperidine rings is 1. The summed E-state index contributed by atoms with van der Waals surface area (Å²) in [6.45, 7) is 5.12. The minimum absolute atomic E-state index is 0.0646. The molecule has 8 nitrogen and oxygen atoms in total. The highest BCUT2D eigenvalue weighted by molar-refractivity contribution is 5.84. The monoisotopic (exact) mass is 363 g/mol. The van der Waals surface area contributed by atoms with Gasteiger partial charge in [-0.1, -0.05) is 19.1 Å². The third-order valence-corrected chi connectivity index (χ3v) is 4.46. The van der Waals surface area contributed by atoms with Gasteiger partial charge in [-0.05, 0) is 32.3 Å². The Bertz CT molecular complexity index is 656. The fourth-order valence-electron chi connectivity index (χ4n) is 2.96. The normalized spacial score (nSPS) is 16.0. The van der Waals surface area contributed by atoms with Crippen LogP contribution in [0.3, 0.4) is 0 Å². The molecule has 0 aromatic heterocycles. The minimum atomic E-state index is -0.817. The number of hydrogen-bond donors (Lipinski definition) is 1. The van der Waals surface area contributed by atoms with Gasteiger partial charge in [0, 0.05) is 25.7 Å². The van der Waals surface area contributed by atoms with E-state index in [1.165, 1.54) is 6.07 Å². The summed E-state index contributed by atoms with van der Waals surface area (Å²) in [5, 5.41) is 13.9. The van der Waals surface area contributed by atoms with E-state index in [-0.39, 0.29) is 23.5 Å². The van der Waals surface area contributed by atoms with Crippen molar-refractivity contribution in [2.45, 2.75) is 39.2 Å². The van der Waals surface area contributed by atoms with Crippen LogP contribution in [0.25, 0.3) is 0 Å². The van der Waals surface area contributed by atoms with Crippen molar-refractivity contribution in [3.8, 4) is 0 Å². The zero-order chi connectivity index (χ0) is 19.1. The van der Waals surface area contributed by atoms with Crippen LogP contribution in [0.2, 0.25) is 0 Å². The number of hydrogen-bond acceptors (Lipinski definition) is 6. The lowest BCUT2D eigenvalue weighted by atomic mass is 9.96. The van der Waals surface area contributed by atoms with Gasteiger partial charge in [0.2, 0.25) is 0 Å². The Kier molecular flexibility index (Phi) is 6.94. The summed E-state index contributed by atoms with van der Waals surface area (Å²) < 4.78 is 5.27. The third-order valence-electron chi connectivity index (χ3n) is 4.46. The van der Waals surface area contributed by atoms with Crippen molar-refractivity contribution in [1.29, 1.82) is 0 Å². The molecule has 1 aliphatic rings. The molecule has 0 spiro atoms. The van der Waals surface area contributed by atoms with Crippen LogP contribution in [0.1, 0.15) is 33.1 Å². The molecule has 1 heterocycles. The first-order valence-corrected chi connectivity index (χ1v) is 8.90. The van der Waals surface area contributed by atoms with Gasteiger partial charge in [-0.25, -0.2) is 0 Å². The summed E-state index contributed by atoms with van der Waals surface area (Å²) in [6.07, 6.45) is 1.07. The van der Waals surface area contributed by atoms with Crippen molar-refractivity contribution < 1.29 is 19.2 Å². The Hall–Kier alpha value is -2.64. The van der Waals surface area contributed by atoms with Crippen LogP contribution in [-0.2, 0) is 14.3 Å². The number of nitrogens with zero attached hydrogens (tertiary/aromatic N) is 2. The second-order valence-electron chi connectivity index (χ2n) is 6.38. The molecular formula is C18H25N3O5.